The number of amides is 2. The van der Waals surface area contributed by atoms with Gasteiger partial charge in [0.05, 0.1) is 11.5 Å². The summed E-state index contributed by atoms with van der Waals surface area (Å²) >= 11 is 0.939. The maximum Gasteiger partial charge on any atom is 0.290 e. The molecule has 0 aliphatic carbocycles. The minimum atomic E-state index is -0.335. The fraction of sp³-hybridized carbons (Fsp3) is 0.182. The Morgan fingerprint density at radius 1 is 1.11 bits per heavy atom. The van der Waals surface area contributed by atoms with Crippen LogP contribution in [0.4, 0.5) is 4.79 Å². The summed E-state index contributed by atoms with van der Waals surface area (Å²) in [6, 6.07) is 16.1. The van der Waals surface area contributed by atoms with Crippen molar-refractivity contribution in [3.05, 3.63) is 70.8 Å². The molecule has 2 heterocycles. The summed E-state index contributed by atoms with van der Waals surface area (Å²) in [5.41, 5.74) is 3.24. The molecule has 0 radical (unpaired) electrons. The lowest BCUT2D eigenvalue weighted by Gasteiger charge is -2.08. The minimum Gasteiger partial charge on any atom is -0.494 e. The van der Waals surface area contributed by atoms with Crippen molar-refractivity contribution in [2.45, 2.75) is 19.9 Å². The molecule has 142 valence electrons. The fourth-order valence-electron chi connectivity index (χ4n) is 3.20. The second-order valence-corrected chi connectivity index (χ2v) is 7.68. The van der Waals surface area contributed by atoms with Crippen LogP contribution in [0.1, 0.15) is 17.5 Å². The molecule has 1 saturated heterocycles. The molecule has 3 aromatic rings. The van der Waals surface area contributed by atoms with E-state index in [1.807, 2.05) is 48.7 Å². The van der Waals surface area contributed by atoms with E-state index in [0.717, 1.165) is 46.9 Å². The minimum absolute atomic E-state index is 0.326. The Bertz CT molecular complexity index is 1070. The zero-order valence-corrected chi connectivity index (χ0v) is 16.3. The molecule has 0 saturated carbocycles. The number of carbonyl (C=O) groups is 2. The molecular weight excluding hydrogens is 372 g/mol. The van der Waals surface area contributed by atoms with Crippen LogP contribution in [0.5, 0.6) is 5.75 Å². The molecule has 1 fully saturated rings. The SMILES string of the molecule is Cc1ccc(OCCCn2cc(/C=C3\SC(=O)NC3=O)c3ccccc32)cc1. The second kappa shape index (κ2) is 7.94. The molecule has 0 unspecified atom stereocenters. The molecule has 4 rings (SSSR count). The van der Waals surface area contributed by atoms with Gasteiger partial charge in [0.1, 0.15) is 5.75 Å². The largest absolute Gasteiger partial charge is 0.494 e. The first-order valence-corrected chi connectivity index (χ1v) is 9.94. The summed E-state index contributed by atoms with van der Waals surface area (Å²) in [7, 11) is 0. The number of carbonyl (C=O) groups excluding carboxylic acids is 2. The third-order valence-corrected chi connectivity index (χ3v) is 5.39. The van der Waals surface area contributed by atoms with E-state index in [1.54, 1.807) is 6.08 Å². The zero-order chi connectivity index (χ0) is 19.5. The third-order valence-electron chi connectivity index (χ3n) is 4.58. The third kappa shape index (κ3) is 3.97. The van der Waals surface area contributed by atoms with Gasteiger partial charge in [-0.1, -0.05) is 35.9 Å². The Hall–Kier alpha value is -2.99. The van der Waals surface area contributed by atoms with Crippen molar-refractivity contribution in [3.63, 3.8) is 0 Å². The van der Waals surface area contributed by atoms with Crippen LogP contribution >= 0.6 is 11.8 Å². The number of thioether (sulfide) groups is 1. The molecule has 1 aromatic heterocycles. The summed E-state index contributed by atoms with van der Waals surface area (Å²) in [4.78, 5) is 23.7. The quantitative estimate of drug-likeness (QED) is 0.486. The van der Waals surface area contributed by atoms with E-state index in [2.05, 4.69) is 22.9 Å². The number of aryl methyl sites for hydroxylation is 2. The van der Waals surface area contributed by atoms with Gasteiger partial charge in [-0.15, -0.1) is 0 Å². The number of hydrogen-bond acceptors (Lipinski definition) is 4. The molecule has 5 nitrogen and oxygen atoms in total. The Labute approximate surface area is 167 Å². The average Bonchev–Trinajstić information content (AvgIpc) is 3.20. The van der Waals surface area contributed by atoms with E-state index in [-0.39, 0.29) is 11.1 Å². The number of benzene rings is 2. The number of fused-ring (bicyclic) bond motifs is 1. The maximum atomic E-state index is 11.9. The number of rotatable bonds is 6. The van der Waals surface area contributed by atoms with E-state index in [9.17, 15) is 9.59 Å². The number of nitrogens with one attached hydrogen (secondary N) is 1. The molecular formula is C22H20N2O3S. The van der Waals surface area contributed by atoms with Gasteiger partial charge in [0.25, 0.3) is 11.1 Å². The molecule has 1 N–H and O–H groups in total. The molecule has 6 heteroatoms. The number of imide groups is 1. The van der Waals surface area contributed by atoms with Gasteiger partial charge in [0, 0.05) is 29.2 Å². The van der Waals surface area contributed by atoms with Crippen molar-refractivity contribution in [1.82, 2.24) is 9.88 Å². The van der Waals surface area contributed by atoms with Crippen LogP contribution in [-0.4, -0.2) is 22.3 Å². The van der Waals surface area contributed by atoms with Gasteiger partial charge < -0.3 is 9.30 Å². The van der Waals surface area contributed by atoms with Gasteiger partial charge >= 0.3 is 0 Å². The van der Waals surface area contributed by atoms with Crippen LogP contribution in [0.2, 0.25) is 0 Å². The summed E-state index contributed by atoms with van der Waals surface area (Å²) in [5, 5.41) is 3.03. The summed E-state index contributed by atoms with van der Waals surface area (Å²) in [6.45, 7) is 3.48. The first-order chi connectivity index (χ1) is 13.6. The summed E-state index contributed by atoms with van der Waals surface area (Å²) < 4.78 is 7.98. The van der Waals surface area contributed by atoms with Crippen LogP contribution in [0.25, 0.3) is 17.0 Å². The van der Waals surface area contributed by atoms with Crippen LogP contribution < -0.4 is 10.1 Å². The smallest absolute Gasteiger partial charge is 0.290 e. The molecule has 0 spiro atoms. The first-order valence-electron chi connectivity index (χ1n) is 9.12. The van der Waals surface area contributed by atoms with E-state index in [4.69, 9.17) is 4.74 Å². The van der Waals surface area contributed by atoms with Gasteiger partial charge in [-0.05, 0) is 49.4 Å². The molecule has 28 heavy (non-hydrogen) atoms. The highest BCUT2D eigenvalue weighted by molar-refractivity contribution is 8.18. The van der Waals surface area contributed by atoms with Crippen molar-refractivity contribution in [2.24, 2.45) is 0 Å². The standard InChI is InChI=1S/C22H20N2O3S/c1-15-7-9-17(10-8-15)27-12-4-11-24-14-16(18-5-2-3-6-19(18)24)13-20-21(25)23-22(26)28-20/h2-3,5-10,13-14H,4,11-12H2,1H3,(H,23,25,26)/b20-13-. The topological polar surface area (TPSA) is 60.3 Å². The monoisotopic (exact) mass is 392 g/mol. The highest BCUT2D eigenvalue weighted by atomic mass is 32.2. The lowest BCUT2D eigenvalue weighted by molar-refractivity contribution is -0.115. The average molecular weight is 392 g/mol. The van der Waals surface area contributed by atoms with E-state index in [0.29, 0.717) is 11.5 Å². The number of hydrogen-bond donors (Lipinski definition) is 1. The highest BCUT2D eigenvalue weighted by Gasteiger charge is 2.25. The van der Waals surface area contributed by atoms with Gasteiger partial charge in [-0.3, -0.25) is 14.9 Å². The Morgan fingerprint density at radius 2 is 1.89 bits per heavy atom. The predicted octanol–water partition coefficient (Wildman–Crippen LogP) is 4.74. The lowest BCUT2D eigenvalue weighted by Crippen LogP contribution is -2.17. The Balaban J connectivity index is 1.48. The molecule has 2 amide bonds. The number of aromatic nitrogens is 1. The van der Waals surface area contributed by atoms with Crippen molar-refractivity contribution in [2.75, 3.05) is 6.61 Å². The van der Waals surface area contributed by atoms with Gasteiger partial charge in [-0.2, -0.15) is 0 Å². The Morgan fingerprint density at radius 3 is 2.64 bits per heavy atom. The first kappa shape index (κ1) is 18.4. The number of para-hydroxylation sites is 1. The fourth-order valence-corrected chi connectivity index (χ4v) is 3.87. The molecule has 0 atom stereocenters. The van der Waals surface area contributed by atoms with E-state index >= 15 is 0 Å². The van der Waals surface area contributed by atoms with E-state index < -0.39 is 0 Å². The van der Waals surface area contributed by atoms with Crippen molar-refractivity contribution in [1.29, 1.82) is 0 Å². The lowest BCUT2D eigenvalue weighted by atomic mass is 10.1. The molecule has 1 aliphatic rings. The second-order valence-electron chi connectivity index (χ2n) is 6.66. The summed E-state index contributed by atoms with van der Waals surface area (Å²) in [5.74, 6) is 0.542. The van der Waals surface area contributed by atoms with Crippen LogP contribution in [0.15, 0.2) is 59.6 Å². The van der Waals surface area contributed by atoms with Crippen molar-refractivity contribution >= 4 is 39.9 Å². The maximum absolute atomic E-state index is 11.9. The highest BCUT2D eigenvalue weighted by Crippen LogP contribution is 2.29. The van der Waals surface area contributed by atoms with E-state index in [1.165, 1.54) is 5.56 Å². The molecule has 0 bridgehead atoms. The molecule has 1 aliphatic heterocycles. The normalized spacial score (nSPS) is 15.4. The zero-order valence-electron chi connectivity index (χ0n) is 15.5. The number of nitrogens with zero attached hydrogens (tertiary/aromatic N) is 1. The van der Waals surface area contributed by atoms with Gasteiger partial charge in [0.2, 0.25) is 0 Å². The van der Waals surface area contributed by atoms with Crippen LogP contribution in [0, 0.1) is 6.92 Å². The van der Waals surface area contributed by atoms with Crippen molar-refractivity contribution in [3.8, 4) is 5.75 Å². The number of ether oxygens (including phenoxy) is 1. The van der Waals surface area contributed by atoms with Crippen LogP contribution in [-0.2, 0) is 11.3 Å². The predicted molar refractivity (Wildman–Crippen MR) is 112 cm³/mol. The van der Waals surface area contributed by atoms with Crippen LogP contribution in [0.3, 0.4) is 0 Å². The Kier molecular flexibility index (Phi) is 5.21. The van der Waals surface area contributed by atoms with Gasteiger partial charge in [-0.25, -0.2) is 0 Å². The summed E-state index contributed by atoms with van der Waals surface area (Å²) in [6.07, 6.45) is 4.67. The van der Waals surface area contributed by atoms with Crippen molar-refractivity contribution < 1.29 is 14.3 Å². The van der Waals surface area contributed by atoms with Gasteiger partial charge in [0.15, 0.2) is 0 Å². The molecule has 2 aromatic carbocycles.